The molecule has 7 nitrogen and oxygen atoms in total. The lowest BCUT2D eigenvalue weighted by Gasteiger charge is -2.21. The van der Waals surface area contributed by atoms with Gasteiger partial charge in [0.15, 0.2) is 11.5 Å². The molecule has 2 atom stereocenters. The van der Waals surface area contributed by atoms with E-state index in [9.17, 15) is 9.59 Å². The van der Waals surface area contributed by atoms with Gasteiger partial charge in [0, 0.05) is 13.1 Å². The van der Waals surface area contributed by atoms with Crippen LogP contribution in [0.5, 0.6) is 11.5 Å². The van der Waals surface area contributed by atoms with Crippen LogP contribution in [-0.2, 0) is 4.79 Å². The number of urea groups is 1. The van der Waals surface area contributed by atoms with Crippen molar-refractivity contribution in [3.8, 4) is 11.5 Å². The number of imide groups is 1. The Morgan fingerprint density at radius 3 is 2.50 bits per heavy atom. The van der Waals surface area contributed by atoms with Crippen LogP contribution in [0.2, 0.25) is 0 Å². The maximum atomic E-state index is 11.9. The molecular weight excluding hydrogens is 310 g/mol. The standard InChI is InChI=1S/C17H27N3O4/c1-6-9-24-14-8-7-13(10-15(14)23-5)11(2)19-12(3)16(21)20-17(22)18-4/h7-8,10-12,19H,6,9H2,1-5H3,(H2,18,20,21,22)/t11-,12-/m1/s1. The first-order valence-electron chi connectivity index (χ1n) is 8.02. The summed E-state index contributed by atoms with van der Waals surface area (Å²) >= 11 is 0. The highest BCUT2D eigenvalue weighted by Crippen LogP contribution is 2.30. The van der Waals surface area contributed by atoms with Gasteiger partial charge >= 0.3 is 6.03 Å². The lowest BCUT2D eigenvalue weighted by molar-refractivity contribution is -0.121. The number of benzene rings is 1. The summed E-state index contributed by atoms with van der Waals surface area (Å²) in [5.41, 5.74) is 0.954. The van der Waals surface area contributed by atoms with E-state index >= 15 is 0 Å². The van der Waals surface area contributed by atoms with Gasteiger partial charge in [-0.1, -0.05) is 13.0 Å². The predicted octanol–water partition coefficient (Wildman–Crippen LogP) is 1.98. The third-order valence-electron chi connectivity index (χ3n) is 3.51. The van der Waals surface area contributed by atoms with Crippen LogP contribution in [-0.4, -0.2) is 38.7 Å². The zero-order valence-corrected chi connectivity index (χ0v) is 14.9. The molecule has 1 aromatic rings. The van der Waals surface area contributed by atoms with Crippen molar-refractivity contribution >= 4 is 11.9 Å². The highest BCUT2D eigenvalue weighted by atomic mass is 16.5. The number of carbonyl (C=O) groups is 2. The minimum atomic E-state index is -0.528. The van der Waals surface area contributed by atoms with Crippen LogP contribution in [0.1, 0.15) is 38.8 Å². The molecule has 3 amide bonds. The first-order chi connectivity index (χ1) is 11.4. The van der Waals surface area contributed by atoms with E-state index < -0.39 is 18.0 Å². The van der Waals surface area contributed by atoms with Gasteiger partial charge in [-0.05, 0) is 38.0 Å². The molecule has 0 heterocycles. The summed E-state index contributed by atoms with van der Waals surface area (Å²) in [5, 5.41) is 7.74. The Morgan fingerprint density at radius 1 is 1.21 bits per heavy atom. The number of hydrogen-bond donors (Lipinski definition) is 3. The molecule has 24 heavy (non-hydrogen) atoms. The average molecular weight is 337 g/mol. The SMILES string of the molecule is CCCOc1ccc([C@@H](C)N[C@H](C)C(=O)NC(=O)NC)cc1OC. The van der Waals surface area contributed by atoms with Crippen molar-refractivity contribution in [3.63, 3.8) is 0 Å². The van der Waals surface area contributed by atoms with Gasteiger partial charge in [0.2, 0.25) is 5.91 Å². The van der Waals surface area contributed by atoms with Crippen molar-refractivity contribution in [1.29, 1.82) is 0 Å². The van der Waals surface area contributed by atoms with E-state index in [2.05, 4.69) is 16.0 Å². The quantitative estimate of drug-likeness (QED) is 0.675. The second-order valence-electron chi connectivity index (χ2n) is 5.44. The molecule has 0 aliphatic rings. The highest BCUT2D eigenvalue weighted by Gasteiger charge is 2.19. The van der Waals surface area contributed by atoms with Crippen molar-refractivity contribution in [3.05, 3.63) is 23.8 Å². The number of rotatable bonds is 8. The third-order valence-corrected chi connectivity index (χ3v) is 3.51. The van der Waals surface area contributed by atoms with Crippen molar-refractivity contribution in [2.24, 2.45) is 0 Å². The lowest BCUT2D eigenvalue weighted by atomic mass is 10.1. The monoisotopic (exact) mass is 337 g/mol. The summed E-state index contributed by atoms with van der Waals surface area (Å²) in [6.07, 6.45) is 0.917. The van der Waals surface area contributed by atoms with Gasteiger partial charge in [0.25, 0.3) is 0 Å². The molecule has 0 bridgehead atoms. The van der Waals surface area contributed by atoms with Crippen molar-refractivity contribution in [2.45, 2.75) is 39.3 Å². The van der Waals surface area contributed by atoms with Gasteiger partial charge < -0.3 is 14.8 Å². The van der Waals surface area contributed by atoms with Gasteiger partial charge in [-0.3, -0.25) is 15.4 Å². The Labute approximate surface area is 143 Å². The van der Waals surface area contributed by atoms with Crippen LogP contribution in [0.25, 0.3) is 0 Å². The maximum absolute atomic E-state index is 11.9. The van der Waals surface area contributed by atoms with Crippen LogP contribution in [0.15, 0.2) is 18.2 Å². The molecule has 3 N–H and O–H groups in total. The first-order valence-corrected chi connectivity index (χ1v) is 8.02. The molecule has 0 aliphatic heterocycles. The molecule has 1 rings (SSSR count). The van der Waals surface area contributed by atoms with Crippen molar-refractivity contribution in [1.82, 2.24) is 16.0 Å². The van der Waals surface area contributed by atoms with Crippen LogP contribution in [0.4, 0.5) is 4.79 Å². The minimum absolute atomic E-state index is 0.107. The lowest BCUT2D eigenvalue weighted by Crippen LogP contribution is -2.47. The van der Waals surface area contributed by atoms with Gasteiger partial charge in [-0.15, -0.1) is 0 Å². The molecule has 1 aromatic carbocycles. The van der Waals surface area contributed by atoms with E-state index in [4.69, 9.17) is 9.47 Å². The second kappa shape index (κ2) is 9.77. The number of ether oxygens (including phenoxy) is 2. The van der Waals surface area contributed by atoms with E-state index in [0.717, 1.165) is 12.0 Å². The number of nitrogens with one attached hydrogen (secondary N) is 3. The van der Waals surface area contributed by atoms with E-state index in [-0.39, 0.29) is 6.04 Å². The number of methoxy groups -OCH3 is 1. The summed E-state index contributed by atoms with van der Waals surface area (Å²) in [7, 11) is 3.05. The van der Waals surface area contributed by atoms with Crippen LogP contribution in [0.3, 0.4) is 0 Å². The molecule has 0 aromatic heterocycles. The largest absolute Gasteiger partial charge is 0.493 e. The van der Waals surface area contributed by atoms with Crippen LogP contribution >= 0.6 is 0 Å². The number of carbonyl (C=O) groups excluding carboxylic acids is 2. The summed E-state index contributed by atoms with van der Waals surface area (Å²) in [4.78, 5) is 23.1. The fourth-order valence-corrected chi connectivity index (χ4v) is 2.11. The van der Waals surface area contributed by atoms with Crippen molar-refractivity contribution < 1.29 is 19.1 Å². The van der Waals surface area contributed by atoms with E-state index in [1.165, 1.54) is 7.05 Å². The summed E-state index contributed by atoms with van der Waals surface area (Å²) < 4.78 is 11.0. The zero-order chi connectivity index (χ0) is 18.1. The van der Waals surface area contributed by atoms with Gasteiger partial charge in [0.05, 0.1) is 19.8 Å². The summed E-state index contributed by atoms with van der Waals surface area (Å²) in [5.74, 6) is 0.953. The summed E-state index contributed by atoms with van der Waals surface area (Å²) in [6, 6.07) is 4.50. The van der Waals surface area contributed by atoms with Crippen LogP contribution < -0.4 is 25.4 Å². The Kier molecular flexibility index (Phi) is 8.05. The number of amides is 3. The topological polar surface area (TPSA) is 88.7 Å². The summed E-state index contributed by atoms with van der Waals surface area (Å²) in [6.45, 7) is 6.30. The minimum Gasteiger partial charge on any atom is -0.493 e. The predicted molar refractivity (Wildman–Crippen MR) is 92.4 cm³/mol. The third kappa shape index (κ3) is 5.73. The zero-order valence-electron chi connectivity index (χ0n) is 14.9. The fraction of sp³-hybridized carbons (Fsp3) is 0.529. The normalized spacial score (nSPS) is 12.9. The van der Waals surface area contributed by atoms with Crippen LogP contribution in [0, 0.1) is 0 Å². The first kappa shape index (κ1) is 19.8. The fourth-order valence-electron chi connectivity index (χ4n) is 2.11. The Hall–Kier alpha value is -2.28. The molecular formula is C17H27N3O4. The molecule has 0 saturated carbocycles. The molecule has 7 heteroatoms. The van der Waals surface area contributed by atoms with E-state index in [1.54, 1.807) is 14.0 Å². The smallest absolute Gasteiger partial charge is 0.321 e. The Bertz CT molecular complexity index is 563. The Morgan fingerprint density at radius 2 is 1.92 bits per heavy atom. The van der Waals surface area contributed by atoms with Gasteiger partial charge in [0.1, 0.15) is 0 Å². The van der Waals surface area contributed by atoms with Gasteiger partial charge in [-0.25, -0.2) is 4.79 Å². The molecule has 134 valence electrons. The van der Waals surface area contributed by atoms with Crippen molar-refractivity contribution in [2.75, 3.05) is 20.8 Å². The molecule has 0 fully saturated rings. The van der Waals surface area contributed by atoms with Gasteiger partial charge in [-0.2, -0.15) is 0 Å². The second-order valence-corrected chi connectivity index (χ2v) is 5.44. The highest BCUT2D eigenvalue weighted by molar-refractivity contribution is 5.96. The molecule has 0 radical (unpaired) electrons. The number of hydrogen-bond acceptors (Lipinski definition) is 5. The molecule has 0 unspecified atom stereocenters. The van der Waals surface area contributed by atoms with E-state index in [0.29, 0.717) is 18.1 Å². The average Bonchev–Trinajstić information content (AvgIpc) is 2.59. The maximum Gasteiger partial charge on any atom is 0.321 e. The van der Waals surface area contributed by atoms with E-state index in [1.807, 2.05) is 32.0 Å². The molecule has 0 spiro atoms. The molecule has 0 saturated heterocycles. The molecule has 0 aliphatic carbocycles. The Balaban J connectivity index is 2.74.